The molecule has 0 aliphatic carbocycles. The second-order valence-corrected chi connectivity index (χ2v) is 7.34. The fourth-order valence-electron chi connectivity index (χ4n) is 2.03. The molecule has 0 spiro atoms. The van der Waals surface area contributed by atoms with E-state index < -0.39 is 15.8 Å². The van der Waals surface area contributed by atoms with Gasteiger partial charge in [-0.15, -0.1) is 4.36 Å². The predicted molar refractivity (Wildman–Crippen MR) is 93.7 cm³/mol. The number of rotatable bonds is 6. The number of amides is 1. The van der Waals surface area contributed by atoms with Crippen LogP contribution in [0.1, 0.15) is 35.7 Å². The van der Waals surface area contributed by atoms with Crippen LogP contribution in [-0.2, 0) is 9.92 Å². The van der Waals surface area contributed by atoms with Crippen LogP contribution in [0.3, 0.4) is 0 Å². The molecule has 0 heterocycles. The molecular weight excluding hydrogens is 308 g/mol. The van der Waals surface area contributed by atoms with Gasteiger partial charge in [0.15, 0.2) is 0 Å². The lowest BCUT2D eigenvalue weighted by atomic mass is 10.2. The second kappa shape index (κ2) is 8.04. The van der Waals surface area contributed by atoms with E-state index in [0.29, 0.717) is 17.0 Å². The zero-order valence-corrected chi connectivity index (χ0v) is 14.3. The molecule has 0 aromatic heterocycles. The Hall–Kier alpha value is -1.98. The Labute approximate surface area is 138 Å². The molecular formula is C18H22N2O2S. The summed E-state index contributed by atoms with van der Waals surface area (Å²) in [5, 5.41) is 0. The standard InChI is InChI=1S/C18H22N2O2S/c1-3-4-14-19-23(22,17-12-10-15(2)11-13-17)20-18(21)16-8-6-5-7-9-16/h5-13H,3-4,14H2,1-2H3,(H,19,20,21,22). The van der Waals surface area contributed by atoms with E-state index in [-0.39, 0.29) is 0 Å². The Morgan fingerprint density at radius 1 is 1.09 bits per heavy atom. The molecule has 0 aliphatic heterocycles. The molecule has 122 valence electrons. The lowest BCUT2D eigenvalue weighted by Gasteiger charge is -2.12. The van der Waals surface area contributed by atoms with Crippen molar-refractivity contribution in [3.63, 3.8) is 0 Å². The van der Waals surface area contributed by atoms with Gasteiger partial charge in [0.1, 0.15) is 9.92 Å². The maximum absolute atomic E-state index is 13.3. The van der Waals surface area contributed by atoms with Gasteiger partial charge in [0.2, 0.25) is 0 Å². The van der Waals surface area contributed by atoms with Gasteiger partial charge in [-0.1, -0.05) is 49.2 Å². The van der Waals surface area contributed by atoms with Crippen molar-refractivity contribution < 1.29 is 9.00 Å². The molecule has 0 saturated heterocycles. The molecule has 2 rings (SSSR count). The number of benzene rings is 2. The summed E-state index contributed by atoms with van der Waals surface area (Å²) >= 11 is 0. The highest BCUT2D eigenvalue weighted by Gasteiger charge is 2.15. The van der Waals surface area contributed by atoms with E-state index in [1.807, 2.05) is 25.1 Å². The largest absolute Gasteiger partial charge is 0.286 e. The van der Waals surface area contributed by atoms with E-state index >= 15 is 0 Å². The molecule has 0 fully saturated rings. The van der Waals surface area contributed by atoms with Gasteiger partial charge in [-0.2, -0.15) is 0 Å². The summed E-state index contributed by atoms with van der Waals surface area (Å²) in [7, 11) is -2.98. The maximum atomic E-state index is 13.3. The molecule has 1 atom stereocenters. The van der Waals surface area contributed by atoms with Crippen molar-refractivity contribution in [1.29, 1.82) is 0 Å². The van der Waals surface area contributed by atoms with Crippen molar-refractivity contribution in [2.75, 3.05) is 6.54 Å². The molecule has 2 aromatic carbocycles. The lowest BCUT2D eigenvalue weighted by Crippen LogP contribution is -2.25. The Balaban J connectivity index is 2.40. The molecule has 0 bridgehead atoms. The molecule has 5 heteroatoms. The molecule has 0 aliphatic rings. The third kappa shape index (κ3) is 4.74. The Bertz CT molecular complexity index is 761. The van der Waals surface area contributed by atoms with E-state index in [1.54, 1.807) is 36.4 Å². The number of hydrogen-bond donors (Lipinski definition) is 1. The van der Waals surface area contributed by atoms with E-state index in [2.05, 4.69) is 16.0 Å². The summed E-state index contributed by atoms with van der Waals surface area (Å²) in [6.45, 7) is 4.57. The highest BCUT2D eigenvalue weighted by atomic mass is 32.2. The Kier molecular flexibility index (Phi) is 6.07. The fraction of sp³-hybridized carbons (Fsp3) is 0.278. The van der Waals surface area contributed by atoms with Crippen LogP contribution in [0.2, 0.25) is 0 Å². The van der Waals surface area contributed by atoms with Gasteiger partial charge in [0.25, 0.3) is 5.91 Å². The molecule has 0 saturated carbocycles. The summed E-state index contributed by atoms with van der Waals surface area (Å²) in [6, 6.07) is 16.0. The zero-order chi connectivity index (χ0) is 16.7. The van der Waals surface area contributed by atoms with Gasteiger partial charge < -0.3 is 0 Å². The van der Waals surface area contributed by atoms with Crippen LogP contribution < -0.4 is 4.72 Å². The maximum Gasteiger partial charge on any atom is 0.286 e. The van der Waals surface area contributed by atoms with Crippen molar-refractivity contribution in [3.8, 4) is 0 Å². The topological polar surface area (TPSA) is 58.5 Å². The van der Waals surface area contributed by atoms with Crippen molar-refractivity contribution in [1.82, 2.24) is 4.72 Å². The number of nitrogens with one attached hydrogen (secondary N) is 1. The van der Waals surface area contributed by atoms with Crippen molar-refractivity contribution in [2.45, 2.75) is 31.6 Å². The first-order chi connectivity index (χ1) is 11.0. The predicted octanol–water partition coefficient (Wildman–Crippen LogP) is 3.97. The number of carbonyl (C=O) groups excluding carboxylic acids is 1. The summed E-state index contributed by atoms with van der Waals surface area (Å²) in [5.41, 5.74) is 1.50. The number of aryl methyl sites for hydroxylation is 1. The van der Waals surface area contributed by atoms with Crippen LogP contribution >= 0.6 is 0 Å². The van der Waals surface area contributed by atoms with Gasteiger partial charge in [0, 0.05) is 12.1 Å². The van der Waals surface area contributed by atoms with Crippen LogP contribution in [0.25, 0.3) is 0 Å². The molecule has 23 heavy (non-hydrogen) atoms. The summed E-state index contributed by atoms with van der Waals surface area (Å²) in [4.78, 5) is 12.9. The smallest absolute Gasteiger partial charge is 0.266 e. The molecule has 2 aromatic rings. The number of nitrogens with zero attached hydrogens (tertiary/aromatic N) is 1. The van der Waals surface area contributed by atoms with Crippen molar-refractivity contribution in [2.24, 2.45) is 4.36 Å². The summed E-state index contributed by atoms with van der Waals surface area (Å²) in [5.74, 6) is -0.472. The van der Waals surface area contributed by atoms with Crippen LogP contribution in [0.5, 0.6) is 0 Å². The lowest BCUT2D eigenvalue weighted by molar-refractivity contribution is 0.100. The first kappa shape index (κ1) is 17.4. The van der Waals surface area contributed by atoms with Gasteiger partial charge in [-0.05, 0) is 37.6 Å². The Morgan fingerprint density at radius 3 is 2.35 bits per heavy atom. The molecule has 1 N–H and O–H groups in total. The van der Waals surface area contributed by atoms with Crippen molar-refractivity contribution >= 4 is 15.8 Å². The summed E-state index contributed by atoms with van der Waals surface area (Å²) < 4.78 is 20.3. The molecule has 1 unspecified atom stereocenters. The fourth-order valence-corrected chi connectivity index (χ4v) is 3.63. The zero-order valence-electron chi connectivity index (χ0n) is 13.5. The number of hydrogen-bond acceptors (Lipinski definition) is 2. The SMILES string of the molecule is CCCCNS(=O)(=NC(=O)c1ccccc1)c1ccc(C)cc1. The monoisotopic (exact) mass is 330 g/mol. The van der Waals surface area contributed by atoms with Gasteiger partial charge in [0.05, 0.1) is 4.90 Å². The molecule has 0 radical (unpaired) electrons. The van der Waals surface area contributed by atoms with Gasteiger partial charge >= 0.3 is 0 Å². The number of carbonyl (C=O) groups is 1. The third-order valence-corrected chi connectivity index (χ3v) is 5.33. The first-order valence-corrected chi connectivity index (χ1v) is 9.24. The van der Waals surface area contributed by atoms with Gasteiger partial charge in [-0.25, -0.2) is 8.93 Å². The average molecular weight is 330 g/mol. The van der Waals surface area contributed by atoms with E-state index in [0.717, 1.165) is 18.4 Å². The normalized spacial score (nSPS) is 13.3. The molecule has 1 amide bonds. The van der Waals surface area contributed by atoms with Crippen LogP contribution in [0.15, 0.2) is 63.9 Å². The third-order valence-electron chi connectivity index (χ3n) is 3.40. The second-order valence-electron chi connectivity index (χ2n) is 5.35. The van der Waals surface area contributed by atoms with E-state index in [4.69, 9.17) is 0 Å². The minimum absolute atomic E-state index is 0.435. The van der Waals surface area contributed by atoms with E-state index in [9.17, 15) is 9.00 Å². The van der Waals surface area contributed by atoms with Crippen LogP contribution in [-0.4, -0.2) is 16.7 Å². The van der Waals surface area contributed by atoms with Gasteiger partial charge in [-0.3, -0.25) is 4.79 Å². The minimum Gasteiger partial charge on any atom is -0.266 e. The van der Waals surface area contributed by atoms with Crippen LogP contribution in [0.4, 0.5) is 0 Å². The Morgan fingerprint density at radius 2 is 1.74 bits per heavy atom. The highest BCUT2D eigenvalue weighted by molar-refractivity contribution is 7.92. The number of unbranched alkanes of at least 4 members (excludes halogenated alkanes) is 1. The van der Waals surface area contributed by atoms with E-state index in [1.165, 1.54) is 0 Å². The highest BCUT2D eigenvalue weighted by Crippen LogP contribution is 2.14. The molecule has 4 nitrogen and oxygen atoms in total. The average Bonchev–Trinajstić information content (AvgIpc) is 2.56. The quantitative estimate of drug-likeness (QED) is 0.815. The summed E-state index contributed by atoms with van der Waals surface area (Å²) in [6.07, 6.45) is 1.85. The van der Waals surface area contributed by atoms with Crippen molar-refractivity contribution in [3.05, 3.63) is 65.7 Å². The van der Waals surface area contributed by atoms with Crippen LogP contribution in [0, 0.1) is 6.92 Å². The minimum atomic E-state index is -2.98. The first-order valence-electron chi connectivity index (χ1n) is 7.73.